The number of rotatable bonds is 4. The molecule has 2 aromatic heterocycles. The first-order valence-electron chi connectivity index (χ1n) is 8.24. The van der Waals surface area contributed by atoms with Crippen LogP contribution in [0.2, 0.25) is 0 Å². The molecule has 0 aliphatic heterocycles. The Balaban J connectivity index is 1.64. The molecular weight excluding hydrogens is 290 g/mol. The van der Waals surface area contributed by atoms with Crippen LogP contribution >= 0.6 is 0 Å². The zero-order valence-electron chi connectivity index (χ0n) is 13.3. The van der Waals surface area contributed by atoms with E-state index in [2.05, 4.69) is 26.9 Å². The molecule has 0 aromatic carbocycles. The monoisotopic (exact) mass is 313 g/mol. The predicted octanol–water partition coefficient (Wildman–Crippen LogP) is 3.14. The number of fused-ring (bicyclic) bond motifs is 1. The van der Waals surface area contributed by atoms with Gasteiger partial charge >= 0.3 is 0 Å². The molecule has 1 aliphatic carbocycles. The van der Waals surface area contributed by atoms with Crippen molar-refractivity contribution in [3.63, 3.8) is 0 Å². The molecule has 0 atom stereocenters. The van der Waals surface area contributed by atoms with E-state index in [0.29, 0.717) is 17.4 Å². The number of nitrogens with one attached hydrogen (secondary N) is 1. The van der Waals surface area contributed by atoms with Gasteiger partial charge < -0.3 is 10.4 Å². The number of nitrogens with zero attached hydrogens (tertiary/aromatic N) is 4. The average Bonchev–Trinajstić information content (AvgIpc) is 2.92. The molecule has 0 saturated heterocycles. The maximum absolute atomic E-state index is 9.51. The second-order valence-electron chi connectivity index (χ2n) is 6.03. The van der Waals surface area contributed by atoms with Gasteiger partial charge in [-0.15, -0.1) is 0 Å². The lowest BCUT2D eigenvalue weighted by Crippen LogP contribution is -2.28. The van der Waals surface area contributed by atoms with E-state index in [-0.39, 0.29) is 5.88 Å². The molecule has 1 fully saturated rings. The van der Waals surface area contributed by atoms with Gasteiger partial charge in [-0.3, -0.25) is 4.40 Å². The van der Waals surface area contributed by atoms with Gasteiger partial charge in [-0.1, -0.05) is 38.7 Å². The standard InChI is InChI=1S/C17H23N5O/c1-13(15-9-18-16-10-19-17(23)11-22(15)16)20-12-21-14-7-5-3-2-4-6-8-14/h9-12,14,23H,1-8H2,(H,20,21). The van der Waals surface area contributed by atoms with Gasteiger partial charge in [0.15, 0.2) is 5.65 Å². The summed E-state index contributed by atoms with van der Waals surface area (Å²) in [5.74, 6) is -0.0545. The molecule has 23 heavy (non-hydrogen) atoms. The molecule has 6 heteroatoms. The van der Waals surface area contributed by atoms with Crippen molar-refractivity contribution in [2.24, 2.45) is 4.99 Å². The molecule has 0 spiro atoms. The second kappa shape index (κ2) is 7.26. The molecule has 2 aromatic rings. The number of hydrogen-bond acceptors (Lipinski definition) is 4. The smallest absolute Gasteiger partial charge is 0.228 e. The largest absolute Gasteiger partial charge is 0.492 e. The summed E-state index contributed by atoms with van der Waals surface area (Å²) in [7, 11) is 0. The van der Waals surface area contributed by atoms with Crippen LogP contribution in [-0.2, 0) is 0 Å². The van der Waals surface area contributed by atoms with Gasteiger partial charge in [0.2, 0.25) is 5.88 Å². The van der Waals surface area contributed by atoms with Crippen LogP contribution < -0.4 is 5.32 Å². The third kappa shape index (κ3) is 3.88. The number of hydrogen-bond donors (Lipinski definition) is 2. The van der Waals surface area contributed by atoms with E-state index in [0.717, 1.165) is 5.69 Å². The second-order valence-corrected chi connectivity index (χ2v) is 6.03. The van der Waals surface area contributed by atoms with Crippen molar-refractivity contribution in [3.8, 4) is 5.88 Å². The zero-order chi connectivity index (χ0) is 16.1. The SMILES string of the molecule is C=C(/N=C/NC1CCCCCCC1)c1cnc2cnc(O)cn12. The summed E-state index contributed by atoms with van der Waals surface area (Å²) in [5.41, 5.74) is 2.00. The highest BCUT2D eigenvalue weighted by atomic mass is 16.3. The highest BCUT2D eigenvalue weighted by Gasteiger charge is 2.10. The Hall–Kier alpha value is -2.37. The van der Waals surface area contributed by atoms with Crippen LogP contribution in [-0.4, -0.2) is 31.9 Å². The molecule has 2 heterocycles. The highest BCUT2D eigenvalue weighted by Crippen LogP contribution is 2.18. The highest BCUT2D eigenvalue weighted by molar-refractivity contribution is 5.71. The number of aliphatic imine (C=N–C) groups is 1. The van der Waals surface area contributed by atoms with Crippen molar-refractivity contribution >= 4 is 17.7 Å². The van der Waals surface area contributed by atoms with Gasteiger partial charge in [-0.05, 0) is 12.8 Å². The van der Waals surface area contributed by atoms with E-state index in [4.69, 9.17) is 0 Å². The Kier molecular flexibility index (Phi) is 4.90. The Morgan fingerprint density at radius 1 is 1.22 bits per heavy atom. The van der Waals surface area contributed by atoms with E-state index in [9.17, 15) is 5.11 Å². The fourth-order valence-electron chi connectivity index (χ4n) is 3.00. The van der Waals surface area contributed by atoms with Crippen molar-refractivity contribution in [2.75, 3.05) is 0 Å². The molecule has 6 nitrogen and oxygen atoms in total. The van der Waals surface area contributed by atoms with Gasteiger partial charge in [-0.25, -0.2) is 15.0 Å². The third-order valence-corrected chi connectivity index (χ3v) is 4.31. The van der Waals surface area contributed by atoms with Crippen LogP contribution in [0.3, 0.4) is 0 Å². The Labute approximate surface area is 136 Å². The molecule has 122 valence electrons. The molecule has 1 aliphatic rings. The Bertz CT molecular complexity index is 698. The van der Waals surface area contributed by atoms with E-state index in [1.807, 2.05) is 0 Å². The molecular formula is C17H23N5O. The minimum absolute atomic E-state index is 0.0545. The molecule has 2 N–H and O–H groups in total. The molecule has 0 unspecified atom stereocenters. The van der Waals surface area contributed by atoms with Crippen LogP contribution in [0.15, 0.2) is 30.2 Å². The van der Waals surface area contributed by atoms with Gasteiger partial charge in [-0.2, -0.15) is 0 Å². The van der Waals surface area contributed by atoms with Gasteiger partial charge in [0, 0.05) is 6.04 Å². The fraction of sp³-hybridized carbons (Fsp3) is 0.471. The zero-order valence-corrected chi connectivity index (χ0v) is 13.3. The van der Waals surface area contributed by atoms with Gasteiger partial charge in [0.05, 0.1) is 36.3 Å². The van der Waals surface area contributed by atoms with Crippen LogP contribution in [0.5, 0.6) is 5.88 Å². The maximum Gasteiger partial charge on any atom is 0.228 e. The van der Waals surface area contributed by atoms with Crippen molar-refractivity contribution in [1.82, 2.24) is 19.7 Å². The molecule has 1 saturated carbocycles. The summed E-state index contributed by atoms with van der Waals surface area (Å²) < 4.78 is 1.73. The lowest BCUT2D eigenvalue weighted by Gasteiger charge is -2.19. The average molecular weight is 313 g/mol. The number of aromatic nitrogens is 3. The fourth-order valence-corrected chi connectivity index (χ4v) is 3.00. The molecule has 0 bridgehead atoms. The van der Waals surface area contributed by atoms with E-state index in [1.165, 1.54) is 57.3 Å². The van der Waals surface area contributed by atoms with Crippen molar-refractivity contribution in [1.29, 1.82) is 0 Å². The van der Waals surface area contributed by atoms with E-state index >= 15 is 0 Å². The molecule has 0 radical (unpaired) electrons. The summed E-state index contributed by atoms with van der Waals surface area (Å²) >= 11 is 0. The van der Waals surface area contributed by atoms with Crippen LogP contribution in [0.4, 0.5) is 0 Å². The quantitative estimate of drug-likeness (QED) is 0.672. The first-order chi connectivity index (χ1) is 11.2. The molecule has 3 rings (SSSR count). The summed E-state index contributed by atoms with van der Waals surface area (Å²) in [6.07, 6.45) is 15.5. The predicted molar refractivity (Wildman–Crippen MR) is 91.4 cm³/mol. The van der Waals surface area contributed by atoms with Crippen molar-refractivity contribution in [3.05, 3.63) is 30.9 Å². The van der Waals surface area contributed by atoms with E-state index in [1.54, 1.807) is 16.9 Å². The third-order valence-electron chi connectivity index (χ3n) is 4.31. The van der Waals surface area contributed by atoms with Crippen LogP contribution in [0.1, 0.15) is 50.6 Å². The summed E-state index contributed by atoms with van der Waals surface area (Å²) in [5, 5.41) is 12.9. The van der Waals surface area contributed by atoms with Gasteiger partial charge in [0.25, 0.3) is 0 Å². The summed E-state index contributed by atoms with van der Waals surface area (Å²) in [6.45, 7) is 3.99. The first-order valence-corrected chi connectivity index (χ1v) is 8.24. The van der Waals surface area contributed by atoms with E-state index < -0.39 is 0 Å². The topological polar surface area (TPSA) is 74.8 Å². The first kappa shape index (κ1) is 15.5. The van der Waals surface area contributed by atoms with Crippen molar-refractivity contribution < 1.29 is 5.11 Å². The number of aromatic hydroxyl groups is 1. The Morgan fingerprint density at radius 2 is 1.96 bits per heavy atom. The Morgan fingerprint density at radius 3 is 2.74 bits per heavy atom. The minimum atomic E-state index is -0.0545. The molecule has 0 amide bonds. The summed E-state index contributed by atoms with van der Waals surface area (Å²) in [6, 6.07) is 0.502. The minimum Gasteiger partial charge on any atom is -0.492 e. The lowest BCUT2D eigenvalue weighted by atomic mass is 9.97. The van der Waals surface area contributed by atoms with Gasteiger partial charge in [0.1, 0.15) is 0 Å². The van der Waals surface area contributed by atoms with Crippen LogP contribution in [0.25, 0.3) is 11.3 Å². The summed E-state index contributed by atoms with van der Waals surface area (Å²) in [4.78, 5) is 12.4. The lowest BCUT2D eigenvalue weighted by molar-refractivity contribution is 0.431. The van der Waals surface area contributed by atoms with Crippen LogP contribution in [0, 0.1) is 0 Å². The maximum atomic E-state index is 9.51. The number of imidazole rings is 1. The normalized spacial score (nSPS) is 17.2. The van der Waals surface area contributed by atoms with Crippen molar-refractivity contribution in [2.45, 2.75) is 51.0 Å².